The molecule has 2 atom stereocenters. The van der Waals surface area contributed by atoms with Gasteiger partial charge in [-0.3, -0.25) is 4.79 Å². The smallest absolute Gasteiger partial charge is 0.228 e. The summed E-state index contributed by atoms with van der Waals surface area (Å²) in [5.74, 6) is 1.08. The Morgan fingerprint density at radius 3 is 2.74 bits per heavy atom. The van der Waals surface area contributed by atoms with Crippen LogP contribution >= 0.6 is 24.8 Å². The molecule has 1 amide bonds. The molecule has 1 aliphatic rings. The van der Waals surface area contributed by atoms with E-state index < -0.39 is 0 Å². The second-order valence-corrected chi connectivity index (χ2v) is 4.74. The number of aromatic nitrogens is 1. The van der Waals surface area contributed by atoms with Crippen molar-refractivity contribution in [2.24, 2.45) is 17.6 Å². The molecule has 2 rings (SSSR count). The van der Waals surface area contributed by atoms with E-state index in [1.165, 1.54) is 0 Å². The first kappa shape index (κ1) is 18.2. The van der Waals surface area contributed by atoms with E-state index in [1.54, 1.807) is 6.20 Å². The lowest BCUT2D eigenvalue weighted by Gasteiger charge is -2.16. The fraction of sp³-hybridized carbons (Fsp3) is 0.538. The molecule has 3 N–H and O–H groups in total. The standard InChI is InChI=1S/C13H19N3O.2ClH/c1-9-5-6-12(15-8-9)16-13(17)11-4-2-3-10(11)7-14;;/h5-6,8,10-11H,2-4,7,14H2,1H3,(H,15,16,17);2*1H/t10-,11-;;/m1../s1. The molecule has 0 aromatic carbocycles. The predicted molar refractivity (Wildman–Crippen MR) is 82.0 cm³/mol. The molecule has 0 unspecified atom stereocenters. The van der Waals surface area contributed by atoms with Crippen molar-refractivity contribution in [3.05, 3.63) is 23.9 Å². The van der Waals surface area contributed by atoms with Crippen molar-refractivity contribution in [3.63, 3.8) is 0 Å². The van der Waals surface area contributed by atoms with Gasteiger partial charge in [0, 0.05) is 12.1 Å². The highest BCUT2D eigenvalue weighted by Gasteiger charge is 2.31. The molecule has 0 spiro atoms. The van der Waals surface area contributed by atoms with Crippen molar-refractivity contribution in [2.45, 2.75) is 26.2 Å². The fourth-order valence-electron chi connectivity index (χ4n) is 2.42. The number of hydrogen-bond donors (Lipinski definition) is 2. The molecule has 1 aromatic heterocycles. The maximum absolute atomic E-state index is 12.1. The van der Waals surface area contributed by atoms with Gasteiger partial charge in [-0.25, -0.2) is 4.98 Å². The van der Waals surface area contributed by atoms with E-state index in [2.05, 4.69) is 10.3 Å². The molecular formula is C13H21Cl2N3O. The van der Waals surface area contributed by atoms with Crippen LogP contribution in [0, 0.1) is 18.8 Å². The number of amides is 1. The van der Waals surface area contributed by atoms with Crippen LogP contribution in [-0.2, 0) is 4.79 Å². The van der Waals surface area contributed by atoms with Gasteiger partial charge in [-0.05, 0) is 43.9 Å². The molecule has 0 radical (unpaired) electrons. The van der Waals surface area contributed by atoms with Gasteiger partial charge in [-0.1, -0.05) is 12.5 Å². The minimum absolute atomic E-state index is 0. The summed E-state index contributed by atoms with van der Waals surface area (Å²) < 4.78 is 0. The van der Waals surface area contributed by atoms with Gasteiger partial charge in [0.2, 0.25) is 5.91 Å². The second-order valence-electron chi connectivity index (χ2n) is 4.74. The lowest BCUT2D eigenvalue weighted by molar-refractivity contribution is -0.120. The molecule has 6 heteroatoms. The zero-order valence-corrected chi connectivity index (χ0v) is 12.6. The van der Waals surface area contributed by atoms with Crippen LogP contribution in [0.5, 0.6) is 0 Å². The van der Waals surface area contributed by atoms with Crippen LogP contribution in [0.15, 0.2) is 18.3 Å². The van der Waals surface area contributed by atoms with E-state index in [0.717, 1.165) is 24.8 Å². The third kappa shape index (κ3) is 4.64. The Morgan fingerprint density at radius 1 is 1.42 bits per heavy atom. The monoisotopic (exact) mass is 305 g/mol. The first-order valence-corrected chi connectivity index (χ1v) is 6.14. The van der Waals surface area contributed by atoms with Gasteiger partial charge in [-0.2, -0.15) is 0 Å². The summed E-state index contributed by atoms with van der Waals surface area (Å²) >= 11 is 0. The van der Waals surface area contributed by atoms with Gasteiger partial charge in [0.1, 0.15) is 5.82 Å². The maximum atomic E-state index is 12.1. The molecule has 1 aliphatic carbocycles. The van der Waals surface area contributed by atoms with Crippen LogP contribution in [0.2, 0.25) is 0 Å². The molecule has 108 valence electrons. The summed E-state index contributed by atoms with van der Waals surface area (Å²) in [4.78, 5) is 16.2. The Bertz CT molecular complexity index is 397. The Morgan fingerprint density at radius 2 is 2.16 bits per heavy atom. The molecule has 1 aromatic rings. The number of nitrogens with zero attached hydrogens (tertiary/aromatic N) is 1. The van der Waals surface area contributed by atoms with Crippen molar-refractivity contribution in [3.8, 4) is 0 Å². The predicted octanol–water partition coefficient (Wildman–Crippen LogP) is 2.55. The summed E-state index contributed by atoms with van der Waals surface area (Å²) in [6.07, 6.45) is 4.86. The van der Waals surface area contributed by atoms with Gasteiger partial charge in [-0.15, -0.1) is 24.8 Å². The number of pyridine rings is 1. The van der Waals surface area contributed by atoms with Crippen molar-refractivity contribution in [1.82, 2.24) is 4.98 Å². The van der Waals surface area contributed by atoms with E-state index in [-0.39, 0.29) is 36.6 Å². The number of nitrogens with two attached hydrogens (primary N) is 1. The molecule has 1 saturated carbocycles. The molecule has 0 saturated heterocycles. The highest BCUT2D eigenvalue weighted by Crippen LogP contribution is 2.31. The molecule has 19 heavy (non-hydrogen) atoms. The molecule has 0 aliphatic heterocycles. The van der Waals surface area contributed by atoms with E-state index in [9.17, 15) is 4.79 Å². The summed E-state index contributed by atoms with van der Waals surface area (Å²) in [7, 11) is 0. The second kappa shape index (κ2) is 8.35. The zero-order chi connectivity index (χ0) is 12.3. The van der Waals surface area contributed by atoms with Gasteiger partial charge >= 0.3 is 0 Å². The Balaban J connectivity index is 0.00000162. The quantitative estimate of drug-likeness (QED) is 0.902. The van der Waals surface area contributed by atoms with Gasteiger partial charge in [0.25, 0.3) is 0 Å². The number of anilines is 1. The topological polar surface area (TPSA) is 68.0 Å². The van der Waals surface area contributed by atoms with Crippen LogP contribution in [0.1, 0.15) is 24.8 Å². The molecule has 4 nitrogen and oxygen atoms in total. The average molecular weight is 306 g/mol. The van der Waals surface area contributed by atoms with E-state index in [1.807, 2.05) is 19.1 Å². The lowest BCUT2D eigenvalue weighted by Crippen LogP contribution is -2.30. The fourth-order valence-corrected chi connectivity index (χ4v) is 2.42. The van der Waals surface area contributed by atoms with Crippen LogP contribution < -0.4 is 11.1 Å². The maximum Gasteiger partial charge on any atom is 0.228 e. The Labute approximate surface area is 126 Å². The minimum atomic E-state index is 0. The average Bonchev–Trinajstić information content (AvgIpc) is 2.80. The Kier molecular flexibility index (Phi) is 7.99. The number of hydrogen-bond acceptors (Lipinski definition) is 3. The molecule has 1 fully saturated rings. The first-order chi connectivity index (χ1) is 8.20. The molecule has 1 heterocycles. The highest BCUT2D eigenvalue weighted by molar-refractivity contribution is 5.92. The van der Waals surface area contributed by atoms with Crippen molar-refractivity contribution < 1.29 is 4.79 Å². The third-order valence-electron chi connectivity index (χ3n) is 3.46. The lowest BCUT2D eigenvalue weighted by atomic mass is 9.95. The van der Waals surface area contributed by atoms with E-state index in [4.69, 9.17) is 5.73 Å². The summed E-state index contributed by atoms with van der Waals surface area (Å²) in [6.45, 7) is 2.57. The number of nitrogens with one attached hydrogen (secondary N) is 1. The minimum Gasteiger partial charge on any atom is -0.330 e. The number of rotatable bonds is 3. The van der Waals surface area contributed by atoms with Crippen LogP contribution in [0.25, 0.3) is 0 Å². The Hall–Kier alpha value is -0.840. The van der Waals surface area contributed by atoms with Gasteiger partial charge in [0.05, 0.1) is 0 Å². The van der Waals surface area contributed by atoms with E-state index in [0.29, 0.717) is 18.3 Å². The van der Waals surface area contributed by atoms with Crippen LogP contribution in [0.3, 0.4) is 0 Å². The largest absolute Gasteiger partial charge is 0.330 e. The zero-order valence-electron chi connectivity index (χ0n) is 11.0. The number of halogens is 2. The number of carbonyl (C=O) groups excluding carboxylic acids is 1. The summed E-state index contributed by atoms with van der Waals surface area (Å²) in [5.41, 5.74) is 6.77. The summed E-state index contributed by atoms with van der Waals surface area (Å²) in [5, 5.41) is 2.87. The molecule has 0 bridgehead atoms. The number of aryl methyl sites for hydroxylation is 1. The van der Waals surface area contributed by atoms with Crippen molar-refractivity contribution in [1.29, 1.82) is 0 Å². The highest BCUT2D eigenvalue weighted by atomic mass is 35.5. The van der Waals surface area contributed by atoms with E-state index >= 15 is 0 Å². The summed E-state index contributed by atoms with van der Waals surface area (Å²) in [6, 6.07) is 3.78. The molecular weight excluding hydrogens is 285 g/mol. The SMILES string of the molecule is Cc1ccc(NC(=O)[C@@H]2CCC[C@@H]2CN)nc1.Cl.Cl. The van der Waals surface area contributed by atoms with Crippen LogP contribution in [-0.4, -0.2) is 17.4 Å². The van der Waals surface area contributed by atoms with Crippen molar-refractivity contribution in [2.75, 3.05) is 11.9 Å². The van der Waals surface area contributed by atoms with Gasteiger partial charge in [0.15, 0.2) is 0 Å². The normalized spacial score (nSPS) is 21.2. The first-order valence-electron chi connectivity index (χ1n) is 6.14. The van der Waals surface area contributed by atoms with Crippen molar-refractivity contribution >= 4 is 36.5 Å². The van der Waals surface area contributed by atoms with Crippen LogP contribution in [0.4, 0.5) is 5.82 Å². The third-order valence-corrected chi connectivity index (χ3v) is 3.46. The number of carbonyl (C=O) groups is 1. The van der Waals surface area contributed by atoms with Gasteiger partial charge < -0.3 is 11.1 Å².